The molecule has 32 heavy (non-hydrogen) atoms. The van der Waals surface area contributed by atoms with E-state index in [4.69, 9.17) is 9.47 Å². The van der Waals surface area contributed by atoms with Gasteiger partial charge in [0, 0.05) is 12.6 Å². The molecule has 2 rings (SSSR count). The largest absolute Gasteiger partial charge is 0.497 e. The van der Waals surface area contributed by atoms with Gasteiger partial charge in [0.15, 0.2) is 6.61 Å². The van der Waals surface area contributed by atoms with Crippen LogP contribution in [-0.4, -0.2) is 42.5 Å². The molecule has 1 N–H and O–H groups in total. The standard InChI is InChI=1S/C26H36N2O4/c1-8-23(26(30)27-17(2)3)28(15-21-9-11-22(31-7)12-10-21)25(29)16-32-24-14-18(4)13-19(5)20(24)6/h9-14,17,23H,8,15-16H2,1-7H3,(H,27,30). The highest BCUT2D eigenvalue weighted by atomic mass is 16.5. The molecule has 0 aliphatic carbocycles. The van der Waals surface area contributed by atoms with Crippen LogP contribution >= 0.6 is 0 Å². The predicted octanol–water partition coefficient (Wildman–Crippen LogP) is 4.33. The molecule has 174 valence electrons. The number of aryl methyl sites for hydroxylation is 2. The van der Waals surface area contributed by atoms with Gasteiger partial charge >= 0.3 is 0 Å². The third-order valence-corrected chi connectivity index (χ3v) is 5.44. The van der Waals surface area contributed by atoms with E-state index in [1.807, 2.05) is 71.9 Å². The van der Waals surface area contributed by atoms with Gasteiger partial charge in [-0.25, -0.2) is 0 Å². The third-order valence-electron chi connectivity index (χ3n) is 5.44. The summed E-state index contributed by atoms with van der Waals surface area (Å²) < 4.78 is 11.2. The summed E-state index contributed by atoms with van der Waals surface area (Å²) in [6.07, 6.45) is 0.503. The Morgan fingerprint density at radius 3 is 2.28 bits per heavy atom. The molecule has 0 aliphatic rings. The lowest BCUT2D eigenvalue weighted by atomic mass is 10.1. The first-order valence-electron chi connectivity index (χ1n) is 11.1. The molecule has 0 heterocycles. The molecular weight excluding hydrogens is 404 g/mol. The molecule has 0 spiro atoms. The summed E-state index contributed by atoms with van der Waals surface area (Å²) in [5.41, 5.74) is 4.12. The van der Waals surface area contributed by atoms with Gasteiger partial charge in [0.1, 0.15) is 17.5 Å². The second-order valence-corrected chi connectivity index (χ2v) is 8.45. The van der Waals surface area contributed by atoms with Gasteiger partial charge in [-0.05, 0) is 81.5 Å². The Kier molecular flexibility index (Phi) is 9.12. The van der Waals surface area contributed by atoms with Gasteiger partial charge < -0.3 is 19.7 Å². The topological polar surface area (TPSA) is 67.9 Å². The summed E-state index contributed by atoms with van der Waals surface area (Å²) in [6, 6.07) is 10.9. The molecule has 0 bridgehead atoms. The maximum absolute atomic E-state index is 13.3. The van der Waals surface area contributed by atoms with Crippen molar-refractivity contribution < 1.29 is 19.1 Å². The first-order chi connectivity index (χ1) is 15.2. The van der Waals surface area contributed by atoms with E-state index < -0.39 is 6.04 Å². The lowest BCUT2D eigenvalue weighted by Gasteiger charge is -2.31. The molecule has 0 radical (unpaired) electrons. The van der Waals surface area contributed by atoms with Gasteiger partial charge in [0.05, 0.1) is 7.11 Å². The fraction of sp³-hybridized carbons (Fsp3) is 0.462. The number of rotatable bonds is 10. The number of ether oxygens (including phenoxy) is 2. The van der Waals surface area contributed by atoms with Crippen molar-refractivity contribution in [1.29, 1.82) is 0 Å². The minimum Gasteiger partial charge on any atom is -0.497 e. The van der Waals surface area contributed by atoms with Crippen molar-refractivity contribution in [3.05, 3.63) is 58.7 Å². The smallest absolute Gasteiger partial charge is 0.261 e. The molecule has 6 heteroatoms. The number of amides is 2. The van der Waals surface area contributed by atoms with E-state index in [0.29, 0.717) is 18.7 Å². The average molecular weight is 441 g/mol. The molecule has 0 aliphatic heterocycles. The normalized spacial score (nSPS) is 11.8. The lowest BCUT2D eigenvalue weighted by molar-refractivity contribution is -0.143. The van der Waals surface area contributed by atoms with Crippen molar-refractivity contribution in [2.45, 2.75) is 66.6 Å². The minimum atomic E-state index is -0.587. The van der Waals surface area contributed by atoms with Crippen molar-refractivity contribution in [3.63, 3.8) is 0 Å². The van der Waals surface area contributed by atoms with Crippen molar-refractivity contribution >= 4 is 11.8 Å². The molecule has 0 fully saturated rings. The van der Waals surface area contributed by atoms with Crippen LogP contribution in [0.25, 0.3) is 0 Å². The van der Waals surface area contributed by atoms with Crippen LogP contribution in [-0.2, 0) is 16.1 Å². The van der Waals surface area contributed by atoms with Crippen LogP contribution in [0.5, 0.6) is 11.5 Å². The first kappa shape index (κ1) is 25.2. The van der Waals surface area contributed by atoms with E-state index in [9.17, 15) is 9.59 Å². The number of methoxy groups -OCH3 is 1. The predicted molar refractivity (Wildman–Crippen MR) is 127 cm³/mol. The summed E-state index contributed by atoms with van der Waals surface area (Å²) >= 11 is 0. The van der Waals surface area contributed by atoms with Crippen LogP contribution < -0.4 is 14.8 Å². The molecule has 1 atom stereocenters. The van der Waals surface area contributed by atoms with Crippen LogP contribution in [0.3, 0.4) is 0 Å². The van der Waals surface area contributed by atoms with Crippen LogP contribution in [0.15, 0.2) is 36.4 Å². The van der Waals surface area contributed by atoms with Crippen molar-refractivity contribution in [3.8, 4) is 11.5 Å². The molecule has 0 aromatic heterocycles. The second kappa shape index (κ2) is 11.6. The number of benzene rings is 2. The Labute approximate surface area is 191 Å². The summed E-state index contributed by atoms with van der Waals surface area (Å²) in [6.45, 7) is 11.9. The van der Waals surface area contributed by atoms with Gasteiger partial charge in [-0.3, -0.25) is 9.59 Å². The van der Waals surface area contributed by atoms with Crippen molar-refractivity contribution in [2.75, 3.05) is 13.7 Å². The number of carbonyl (C=O) groups excluding carboxylic acids is 2. The van der Waals surface area contributed by atoms with E-state index in [0.717, 1.165) is 28.0 Å². The first-order valence-corrected chi connectivity index (χ1v) is 11.1. The maximum atomic E-state index is 13.3. The molecule has 2 aromatic rings. The van der Waals surface area contributed by atoms with E-state index in [1.54, 1.807) is 12.0 Å². The zero-order chi connectivity index (χ0) is 23.8. The van der Waals surface area contributed by atoms with Crippen LogP contribution in [0.2, 0.25) is 0 Å². The lowest BCUT2D eigenvalue weighted by Crippen LogP contribution is -2.51. The highest BCUT2D eigenvalue weighted by Gasteiger charge is 2.29. The number of hydrogen-bond donors (Lipinski definition) is 1. The Morgan fingerprint density at radius 2 is 1.72 bits per heavy atom. The number of nitrogens with zero attached hydrogens (tertiary/aromatic N) is 1. The van der Waals surface area contributed by atoms with Crippen molar-refractivity contribution in [2.24, 2.45) is 0 Å². The average Bonchev–Trinajstić information content (AvgIpc) is 2.74. The van der Waals surface area contributed by atoms with Gasteiger partial charge in [-0.1, -0.05) is 25.1 Å². The Hall–Kier alpha value is -3.02. The fourth-order valence-electron chi connectivity index (χ4n) is 3.60. The Balaban J connectivity index is 2.26. The second-order valence-electron chi connectivity index (χ2n) is 8.45. The summed E-state index contributed by atoms with van der Waals surface area (Å²) in [5.74, 6) is 1.04. The highest BCUT2D eigenvalue weighted by molar-refractivity contribution is 5.88. The molecule has 1 unspecified atom stereocenters. The minimum absolute atomic E-state index is 0.0105. The molecule has 2 amide bonds. The Morgan fingerprint density at radius 1 is 1.06 bits per heavy atom. The SMILES string of the molecule is CCC(C(=O)NC(C)C)N(Cc1ccc(OC)cc1)C(=O)COc1cc(C)cc(C)c1C. The van der Waals surface area contributed by atoms with E-state index in [2.05, 4.69) is 11.4 Å². The zero-order valence-electron chi connectivity index (χ0n) is 20.3. The van der Waals surface area contributed by atoms with Crippen LogP contribution in [0, 0.1) is 20.8 Å². The summed E-state index contributed by atoms with van der Waals surface area (Å²) in [4.78, 5) is 27.8. The van der Waals surface area contributed by atoms with Gasteiger partial charge in [-0.2, -0.15) is 0 Å². The fourth-order valence-corrected chi connectivity index (χ4v) is 3.60. The van der Waals surface area contributed by atoms with Crippen LogP contribution in [0.4, 0.5) is 0 Å². The Bertz CT molecular complexity index is 922. The quantitative estimate of drug-likeness (QED) is 0.597. The number of hydrogen-bond acceptors (Lipinski definition) is 4. The highest BCUT2D eigenvalue weighted by Crippen LogP contribution is 2.24. The molecule has 0 saturated heterocycles. The zero-order valence-corrected chi connectivity index (χ0v) is 20.3. The summed E-state index contributed by atoms with van der Waals surface area (Å²) in [7, 11) is 1.61. The number of nitrogens with one attached hydrogen (secondary N) is 1. The van der Waals surface area contributed by atoms with E-state index in [-0.39, 0.29) is 24.5 Å². The van der Waals surface area contributed by atoms with Crippen LogP contribution in [0.1, 0.15) is 49.4 Å². The van der Waals surface area contributed by atoms with E-state index >= 15 is 0 Å². The summed E-state index contributed by atoms with van der Waals surface area (Å²) in [5, 5.41) is 2.94. The van der Waals surface area contributed by atoms with Gasteiger partial charge in [-0.15, -0.1) is 0 Å². The molecule has 0 saturated carbocycles. The third kappa shape index (κ3) is 6.74. The molecular formula is C26H36N2O4. The maximum Gasteiger partial charge on any atom is 0.261 e. The van der Waals surface area contributed by atoms with Gasteiger partial charge in [0.2, 0.25) is 5.91 Å². The monoisotopic (exact) mass is 440 g/mol. The molecule has 2 aromatic carbocycles. The van der Waals surface area contributed by atoms with E-state index in [1.165, 1.54) is 0 Å². The number of carbonyl (C=O) groups is 2. The molecule has 6 nitrogen and oxygen atoms in total. The van der Waals surface area contributed by atoms with Crippen molar-refractivity contribution in [1.82, 2.24) is 10.2 Å². The van der Waals surface area contributed by atoms with Gasteiger partial charge in [0.25, 0.3) is 5.91 Å².